The summed E-state index contributed by atoms with van der Waals surface area (Å²) in [4.78, 5) is 35.9. The molecule has 8 heteroatoms. The summed E-state index contributed by atoms with van der Waals surface area (Å²) < 4.78 is 27.0. The standard InChI is InChI=1S/C31H34O8/c1-3-29(32)37-22-8-6-5-7-21-36-26-15-11-24(12-16-26)31(34)39-28-19-17-27(18-20-28)38-30(33)23-9-13-25(14-10-23)35-4-2/h3,9-17,19H,1,4-8,18,20-22H2,2H3. The lowest BCUT2D eigenvalue weighted by Gasteiger charge is -2.15. The molecule has 0 aliphatic heterocycles. The van der Waals surface area contributed by atoms with E-state index in [2.05, 4.69) is 6.58 Å². The molecular weight excluding hydrogens is 500 g/mol. The van der Waals surface area contributed by atoms with Gasteiger partial charge in [-0.15, -0.1) is 0 Å². The summed E-state index contributed by atoms with van der Waals surface area (Å²) in [6, 6.07) is 13.6. The Balaban J connectivity index is 1.37. The molecule has 0 spiro atoms. The quantitative estimate of drug-likeness (QED) is 0.113. The average molecular weight is 535 g/mol. The summed E-state index contributed by atoms with van der Waals surface area (Å²) in [5.74, 6) is 1.06. The number of carbonyl (C=O) groups is 3. The van der Waals surface area contributed by atoms with Gasteiger partial charge in [0.2, 0.25) is 0 Å². The van der Waals surface area contributed by atoms with Crippen LogP contribution in [0.2, 0.25) is 0 Å². The SMILES string of the molecule is C=CC(=O)OCCCCCCOc1ccc(C(=O)OC2=CC=C(OC(=O)c3ccc(OCC)cc3)CC2)cc1. The number of hydrogen-bond donors (Lipinski definition) is 0. The zero-order valence-electron chi connectivity index (χ0n) is 22.2. The Morgan fingerprint density at radius 2 is 1.21 bits per heavy atom. The van der Waals surface area contributed by atoms with Gasteiger partial charge in [0.25, 0.3) is 0 Å². The van der Waals surface area contributed by atoms with Gasteiger partial charge in [0.1, 0.15) is 23.0 Å². The zero-order valence-corrected chi connectivity index (χ0v) is 22.2. The van der Waals surface area contributed by atoms with Gasteiger partial charge < -0.3 is 23.7 Å². The third kappa shape index (κ3) is 10.2. The van der Waals surface area contributed by atoms with Crippen LogP contribution in [-0.2, 0) is 19.0 Å². The average Bonchev–Trinajstić information content (AvgIpc) is 2.96. The molecule has 3 rings (SSSR count). The molecule has 1 aliphatic carbocycles. The lowest BCUT2D eigenvalue weighted by Crippen LogP contribution is -2.10. The first-order valence-electron chi connectivity index (χ1n) is 13.1. The van der Waals surface area contributed by atoms with Crippen molar-refractivity contribution in [2.45, 2.75) is 45.4 Å². The van der Waals surface area contributed by atoms with Crippen LogP contribution in [-0.4, -0.2) is 37.7 Å². The molecule has 8 nitrogen and oxygen atoms in total. The van der Waals surface area contributed by atoms with Gasteiger partial charge in [0.05, 0.1) is 30.9 Å². The first-order chi connectivity index (χ1) is 19.0. The highest BCUT2D eigenvalue weighted by atomic mass is 16.5. The molecule has 0 atom stereocenters. The minimum absolute atomic E-state index is 0.397. The zero-order chi connectivity index (χ0) is 27.9. The molecule has 0 unspecified atom stereocenters. The number of esters is 3. The van der Waals surface area contributed by atoms with E-state index in [1.165, 1.54) is 0 Å². The molecule has 0 saturated carbocycles. The van der Waals surface area contributed by atoms with Crippen molar-refractivity contribution in [1.82, 2.24) is 0 Å². The summed E-state index contributed by atoms with van der Waals surface area (Å²) in [7, 11) is 0. The van der Waals surface area contributed by atoms with Crippen molar-refractivity contribution < 1.29 is 38.1 Å². The van der Waals surface area contributed by atoms with Crippen molar-refractivity contribution in [1.29, 1.82) is 0 Å². The molecule has 206 valence electrons. The third-order valence-corrected chi connectivity index (χ3v) is 5.73. The smallest absolute Gasteiger partial charge is 0.343 e. The van der Waals surface area contributed by atoms with E-state index in [1.54, 1.807) is 60.7 Å². The summed E-state index contributed by atoms with van der Waals surface area (Å²) in [5.41, 5.74) is 0.839. The summed E-state index contributed by atoms with van der Waals surface area (Å²) in [6.45, 7) is 6.76. The van der Waals surface area contributed by atoms with Crippen LogP contribution in [0.25, 0.3) is 0 Å². The van der Waals surface area contributed by atoms with Crippen LogP contribution in [0.4, 0.5) is 0 Å². The minimum atomic E-state index is -0.465. The van der Waals surface area contributed by atoms with Crippen LogP contribution < -0.4 is 9.47 Å². The van der Waals surface area contributed by atoms with Crippen molar-refractivity contribution in [2.24, 2.45) is 0 Å². The van der Waals surface area contributed by atoms with Crippen molar-refractivity contribution in [3.8, 4) is 11.5 Å². The predicted molar refractivity (Wildman–Crippen MR) is 145 cm³/mol. The van der Waals surface area contributed by atoms with Crippen molar-refractivity contribution >= 4 is 17.9 Å². The van der Waals surface area contributed by atoms with Crippen molar-refractivity contribution in [2.75, 3.05) is 19.8 Å². The van der Waals surface area contributed by atoms with Gasteiger partial charge >= 0.3 is 17.9 Å². The first kappa shape index (κ1) is 29.2. The second kappa shape index (κ2) is 15.8. The van der Waals surface area contributed by atoms with E-state index in [9.17, 15) is 14.4 Å². The van der Waals surface area contributed by atoms with Gasteiger partial charge in [0.15, 0.2) is 0 Å². The number of benzene rings is 2. The van der Waals surface area contributed by atoms with Gasteiger partial charge in [-0.2, -0.15) is 0 Å². The van der Waals surface area contributed by atoms with E-state index in [0.29, 0.717) is 66.8 Å². The van der Waals surface area contributed by atoms with Crippen LogP contribution in [0.5, 0.6) is 11.5 Å². The number of ether oxygens (including phenoxy) is 5. The molecule has 39 heavy (non-hydrogen) atoms. The van der Waals surface area contributed by atoms with Crippen LogP contribution in [0.1, 0.15) is 66.2 Å². The van der Waals surface area contributed by atoms with E-state index >= 15 is 0 Å². The van der Waals surface area contributed by atoms with Gasteiger partial charge in [-0.1, -0.05) is 6.58 Å². The molecule has 0 amide bonds. The highest BCUT2D eigenvalue weighted by Crippen LogP contribution is 2.23. The lowest BCUT2D eigenvalue weighted by molar-refractivity contribution is -0.137. The fourth-order valence-corrected chi connectivity index (χ4v) is 3.65. The Bertz CT molecular complexity index is 1180. The fraction of sp³-hybridized carbons (Fsp3) is 0.323. The Hall–Kier alpha value is -4.33. The molecule has 0 bridgehead atoms. The molecular formula is C31H34O8. The summed E-state index contributed by atoms with van der Waals surface area (Å²) in [6.07, 6.45) is 8.90. The number of rotatable bonds is 15. The molecule has 0 saturated heterocycles. The number of hydrogen-bond acceptors (Lipinski definition) is 8. The normalized spacial score (nSPS) is 12.4. The van der Waals surface area contributed by atoms with E-state index in [-0.39, 0.29) is 0 Å². The first-order valence-corrected chi connectivity index (χ1v) is 13.1. The Labute approximate surface area is 228 Å². The highest BCUT2D eigenvalue weighted by Gasteiger charge is 2.17. The Morgan fingerprint density at radius 1 is 0.718 bits per heavy atom. The maximum Gasteiger partial charge on any atom is 0.343 e. The predicted octanol–water partition coefficient (Wildman–Crippen LogP) is 6.33. The second-order valence-electron chi connectivity index (χ2n) is 8.66. The largest absolute Gasteiger partial charge is 0.494 e. The maximum absolute atomic E-state index is 12.5. The Kier molecular flexibility index (Phi) is 11.9. The Morgan fingerprint density at radius 3 is 1.67 bits per heavy atom. The van der Waals surface area contributed by atoms with E-state index in [0.717, 1.165) is 31.8 Å². The van der Waals surface area contributed by atoms with Gasteiger partial charge in [-0.25, -0.2) is 14.4 Å². The molecule has 0 N–H and O–H groups in total. The van der Waals surface area contributed by atoms with Crippen molar-refractivity contribution in [3.63, 3.8) is 0 Å². The summed E-state index contributed by atoms with van der Waals surface area (Å²) in [5, 5.41) is 0. The van der Waals surface area contributed by atoms with Crippen LogP contribution in [0, 0.1) is 0 Å². The monoisotopic (exact) mass is 534 g/mol. The van der Waals surface area contributed by atoms with Crippen molar-refractivity contribution in [3.05, 3.63) is 96.0 Å². The third-order valence-electron chi connectivity index (χ3n) is 5.73. The van der Waals surface area contributed by atoms with Crippen LogP contribution in [0.15, 0.2) is 84.9 Å². The molecule has 0 aromatic heterocycles. The van der Waals surface area contributed by atoms with Gasteiger partial charge in [-0.3, -0.25) is 0 Å². The minimum Gasteiger partial charge on any atom is -0.494 e. The van der Waals surface area contributed by atoms with E-state index in [4.69, 9.17) is 23.7 Å². The lowest BCUT2D eigenvalue weighted by atomic mass is 10.1. The highest BCUT2D eigenvalue weighted by molar-refractivity contribution is 5.91. The maximum atomic E-state index is 12.5. The summed E-state index contributed by atoms with van der Waals surface area (Å²) >= 11 is 0. The van der Waals surface area contributed by atoms with E-state index < -0.39 is 17.9 Å². The molecule has 1 aliphatic rings. The van der Waals surface area contributed by atoms with E-state index in [1.807, 2.05) is 6.92 Å². The number of carbonyl (C=O) groups excluding carboxylic acids is 3. The number of unbranched alkanes of at least 4 members (excludes halogenated alkanes) is 3. The van der Waals surface area contributed by atoms with Crippen LogP contribution in [0.3, 0.4) is 0 Å². The molecule has 2 aromatic carbocycles. The van der Waals surface area contributed by atoms with Gasteiger partial charge in [-0.05, 0) is 93.3 Å². The van der Waals surface area contributed by atoms with Gasteiger partial charge in [0, 0.05) is 18.9 Å². The molecule has 0 fully saturated rings. The fourth-order valence-electron chi connectivity index (χ4n) is 3.65. The van der Waals surface area contributed by atoms with Crippen LogP contribution >= 0.6 is 0 Å². The number of allylic oxidation sites excluding steroid dienone is 4. The molecule has 2 aromatic rings. The second-order valence-corrected chi connectivity index (χ2v) is 8.66. The molecule has 0 heterocycles. The molecule has 0 radical (unpaired) electrons. The topological polar surface area (TPSA) is 97.4 Å².